The third-order valence-electron chi connectivity index (χ3n) is 6.26. The molecule has 3 aliphatic rings. The highest BCUT2D eigenvalue weighted by molar-refractivity contribution is 5.81. The van der Waals surface area contributed by atoms with Crippen molar-refractivity contribution in [2.45, 2.75) is 57.5 Å². The molecule has 1 amide bonds. The summed E-state index contributed by atoms with van der Waals surface area (Å²) in [7, 11) is 0. The molecule has 0 bridgehead atoms. The Hall–Kier alpha value is -1.73. The Morgan fingerprint density at radius 3 is 2.67 bits per heavy atom. The molecule has 148 valence electrons. The average molecular weight is 374 g/mol. The molecule has 0 radical (unpaired) electrons. The summed E-state index contributed by atoms with van der Waals surface area (Å²) in [6, 6.07) is 1.84. The highest BCUT2D eigenvalue weighted by Gasteiger charge is 2.29. The van der Waals surface area contributed by atoms with Gasteiger partial charge in [0.25, 0.3) is 5.56 Å². The molecular weight excluding hydrogens is 342 g/mol. The molecular formula is C20H31N5O2. The summed E-state index contributed by atoms with van der Waals surface area (Å²) < 4.78 is 1.65. The second kappa shape index (κ2) is 8.52. The largest absolute Gasteiger partial charge is 0.355 e. The van der Waals surface area contributed by atoms with E-state index in [1.807, 2.05) is 0 Å². The van der Waals surface area contributed by atoms with Gasteiger partial charge < -0.3 is 5.32 Å². The van der Waals surface area contributed by atoms with Crippen LogP contribution in [0.5, 0.6) is 0 Å². The van der Waals surface area contributed by atoms with Gasteiger partial charge in [0.2, 0.25) is 5.91 Å². The minimum absolute atomic E-state index is 0.0319. The number of carbonyl (C=O) groups excluding carboxylic acids is 1. The fraction of sp³-hybridized carbons (Fsp3) is 0.750. The van der Waals surface area contributed by atoms with Crippen molar-refractivity contribution < 1.29 is 4.79 Å². The zero-order valence-corrected chi connectivity index (χ0v) is 16.2. The highest BCUT2D eigenvalue weighted by Crippen LogP contribution is 2.17. The van der Waals surface area contributed by atoms with E-state index in [1.54, 1.807) is 10.7 Å². The van der Waals surface area contributed by atoms with Crippen molar-refractivity contribution in [3.05, 3.63) is 27.7 Å². The van der Waals surface area contributed by atoms with Gasteiger partial charge in [-0.25, -0.2) is 4.68 Å². The monoisotopic (exact) mass is 373 g/mol. The number of carbonyl (C=O) groups is 1. The topological polar surface area (TPSA) is 70.5 Å². The van der Waals surface area contributed by atoms with Crippen LogP contribution in [-0.4, -0.2) is 70.8 Å². The standard InChI is InChI=1S/C20H31N5O2/c26-19-15-16-5-1-2-6-17(16)22-25(19)14-11-23-9-12-24(13-10-23)18-7-3-4-8-21-20(18)27/h15,18H,1-14H2,(H,21,27). The van der Waals surface area contributed by atoms with Crippen LogP contribution in [0.2, 0.25) is 0 Å². The Bertz CT molecular complexity index is 724. The van der Waals surface area contributed by atoms with Crippen molar-refractivity contribution in [2.24, 2.45) is 0 Å². The van der Waals surface area contributed by atoms with Crippen LogP contribution < -0.4 is 10.9 Å². The molecule has 2 saturated heterocycles. The molecule has 7 nitrogen and oxygen atoms in total. The van der Waals surface area contributed by atoms with Crippen LogP contribution in [0.25, 0.3) is 0 Å². The lowest BCUT2D eigenvalue weighted by atomic mass is 9.97. The van der Waals surface area contributed by atoms with Gasteiger partial charge in [0.15, 0.2) is 0 Å². The average Bonchev–Trinajstić information content (AvgIpc) is 2.91. The van der Waals surface area contributed by atoms with Crippen LogP contribution in [0.3, 0.4) is 0 Å². The van der Waals surface area contributed by atoms with Crippen LogP contribution in [-0.2, 0) is 24.2 Å². The van der Waals surface area contributed by atoms with Gasteiger partial charge in [0.05, 0.1) is 18.3 Å². The van der Waals surface area contributed by atoms with Crippen LogP contribution in [0.4, 0.5) is 0 Å². The zero-order valence-electron chi connectivity index (χ0n) is 16.2. The van der Waals surface area contributed by atoms with Gasteiger partial charge in [-0.05, 0) is 50.5 Å². The second-order valence-electron chi connectivity index (χ2n) is 8.06. The lowest BCUT2D eigenvalue weighted by molar-refractivity contribution is -0.126. The quantitative estimate of drug-likeness (QED) is 0.828. The molecule has 1 N–H and O–H groups in total. The Labute approximate surface area is 160 Å². The van der Waals surface area contributed by atoms with E-state index in [2.05, 4.69) is 20.2 Å². The van der Waals surface area contributed by atoms with Gasteiger partial charge in [0.1, 0.15) is 0 Å². The first kappa shape index (κ1) is 18.6. The number of nitrogens with one attached hydrogen (secondary N) is 1. The number of aryl methyl sites for hydroxylation is 2. The number of piperazine rings is 1. The minimum Gasteiger partial charge on any atom is -0.355 e. The maximum atomic E-state index is 12.3. The molecule has 1 atom stereocenters. The Morgan fingerprint density at radius 2 is 1.81 bits per heavy atom. The summed E-state index contributed by atoms with van der Waals surface area (Å²) in [5, 5.41) is 7.66. The first-order valence-electron chi connectivity index (χ1n) is 10.5. The van der Waals surface area contributed by atoms with Gasteiger partial charge >= 0.3 is 0 Å². The van der Waals surface area contributed by atoms with Gasteiger partial charge in [-0.1, -0.05) is 0 Å². The molecule has 0 aromatic carbocycles. The van der Waals surface area contributed by atoms with Crippen LogP contribution in [0.1, 0.15) is 43.4 Å². The third kappa shape index (κ3) is 4.41. The first-order chi connectivity index (χ1) is 13.2. The number of amides is 1. The summed E-state index contributed by atoms with van der Waals surface area (Å²) in [6.45, 7) is 6.05. The smallest absolute Gasteiger partial charge is 0.267 e. The van der Waals surface area contributed by atoms with Crippen molar-refractivity contribution in [1.82, 2.24) is 24.9 Å². The summed E-state index contributed by atoms with van der Waals surface area (Å²) in [5.41, 5.74) is 2.30. The van der Waals surface area contributed by atoms with Crippen molar-refractivity contribution in [2.75, 3.05) is 39.3 Å². The second-order valence-corrected chi connectivity index (χ2v) is 8.06. The van der Waals surface area contributed by atoms with E-state index in [-0.39, 0.29) is 17.5 Å². The minimum atomic E-state index is 0.0319. The molecule has 3 heterocycles. The molecule has 27 heavy (non-hydrogen) atoms. The Kier molecular flexibility index (Phi) is 5.88. The number of nitrogens with zero attached hydrogens (tertiary/aromatic N) is 4. The molecule has 0 spiro atoms. The predicted octanol–water partition coefficient (Wildman–Crippen LogP) is 0.408. The number of hydrogen-bond donors (Lipinski definition) is 1. The van der Waals surface area contributed by atoms with E-state index >= 15 is 0 Å². The van der Waals surface area contributed by atoms with Crippen LogP contribution in [0, 0.1) is 0 Å². The molecule has 1 aromatic heterocycles. The molecule has 4 rings (SSSR count). The van der Waals surface area contributed by atoms with E-state index < -0.39 is 0 Å². The molecule has 2 aliphatic heterocycles. The van der Waals surface area contributed by atoms with Crippen molar-refractivity contribution in [1.29, 1.82) is 0 Å². The fourth-order valence-electron chi connectivity index (χ4n) is 4.57. The van der Waals surface area contributed by atoms with Crippen LogP contribution >= 0.6 is 0 Å². The first-order valence-corrected chi connectivity index (χ1v) is 10.5. The maximum Gasteiger partial charge on any atom is 0.267 e. The fourth-order valence-corrected chi connectivity index (χ4v) is 4.57. The summed E-state index contributed by atoms with van der Waals surface area (Å²) in [4.78, 5) is 29.3. The highest BCUT2D eigenvalue weighted by atomic mass is 16.2. The Morgan fingerprint density at radius 1 is 1.00 bits per heavy atom. The van der Waals surface area contributed by atoms with Crippen molar-refractivity contribution >= 4 is 5.91 Å². The molecule has 0 saturated carbocycles. The van der Waals surface area contributed by atoms with E-state index in [1.165, 1.54) is 12.8 Å². The summed E-state index contributed by atoms with van der Waals surface area (Å²) in [5.74, 6) is 0.200. The van der Waals surface area contributed by atoms with Crippen LogP contribution in [0.15, 0.2) is 10.9 Å². The maximum absolute atomic E-state index is 12.3. The lowest BCUT2D eigenvalue weighted by Gasteiger charge is -2.38. The molecule has 1 unspecified atom stereocenters. The third-order valence-corrected chi connectivity index (χ3v) is 6.26. The molecule has 1 aliphatic carbocycles. The van der Waals surface area contributed by atoms with Gasteiger partial charge in [0, 0.05) is 45.3 Å². The number of fused-ring (bicyclic) bond motifs is 1. The van der Waals surface area contributed by atoms with E-state index in [0.717, 1.165) is 82.6 Å². The zero-order chi connectivity index (χ0) is 18.6. The summed E-state index contributed by atoms with van der Waals surface area (Å²) in [6.07, 6.45) is 7.52. The van der Waals surface area contributed by atoms with E-state index in [0.29, 0.717) is 6.54 Å². The SMILES string of the molecule is O=C1NCCCCC1N1CCN(CCn2nc3c(cc2=O)CCCC3)CC1. The lowest BCUT2D eigenvalue weighted by Crippen LogP contribution is -2.54. The number of hydrogen-bond acceptors (Lipinski definition) is 5. The number of rotatable bonds is 4. The van der Waals surface area contributed by atoms with Gasteiger partial charge in [-0.3, -0.25) is 19.4 Å². The van der Waals surface area contributed by atoms with Crippen molar-refractivity contribution in [3.63, 3.8) is 0 Å². The molecule has 2 fully saturated rings. The normalized spacial score (nSPS) is 24.9. The number of aromatic nitrogens is 2. The van der Waals surface area contributed by atoms with Gasteiger partial charge in [-0.15, -0.1) is 0 Å². The molecule has 7 heteroatoms. The van der Waals surface area contributed by atoms with Crippen molar-refractivity contribution in [3.8, 4) is 0 Å². The predicted molar refractivity (Wildman–Crippen MR) is 104 cm³/mol. The Balaban J connectivity index is 1.30. The van der Waals surface area contributed by atoms with E-state index in [9.17, 15) is 9.59 Å². The summed E-state index contributed by atoms with van der Waals surface area (Å²) >= 11 is 0. The molecule has 1 aromatic rings. The van der Waals surface area contributed by atoms with E-state index in [4.69, 9.17) is 0 Å². The van der Waals surface area contributed by atoms with Gasteiger partial charge in [-0.2, -0.15) is 5.10 Å².